The highest BCUT2D eigenvalue weighted by Gasteiger charge is 2.16. The molecule has 0 aliphatic carbocycles. The van der Waals surface area contributed by atoms with Crippen LogP contribution in [0, 0.1) is 24.1 Å². The molecule has 18 heavy (non-hydrogen) atoms. The Morgan fingerprint density at radius 3 is 2.89 bits per heavy atom. The molecule has 0 aliphatic heterocycles. The van der Waals surface area contributed by atoms with Gasteiger partial charge in [-0.3, -0.25) is 0 Å². The SMILES string of the molecule is Cc1nn(C)c(Oc2cc(Br)ccc2F)c1C#N. The van der Waals surface area contributed by atoms with Crippen LogP contribution in [-0.4, -0.2) is 9.78 Å². The number of benzene rings is 1. The molecule has 1 aromatic heterocycles. The minimum absolute atomic E-state index is 0.0453. The molecule has 0 atom stereocenters. The third-order valence-corrected chi connectivity index (χ3v) is 2.87. The van der Waals surface area contributed by atoms with Crippen LogP contribution in [0.15, 0.2) is 22.7 Å². The Hall–Kier alpha value is -1.87. The highest BCUT2D eigenvalue weighted by Crippen LogP contribution is 2.30. The van der Waals surface area contributed by atoms with Crippen molar-refractivity contribution < 1.29 is 9.13 Å². The fraction of sp³-hybridized carbons (Fsp3) is 0.167. The number of rotatable bonds is 2. The van der Waals surface area contributed by atoms with Crippen molar-refractivity contribution in [3.8, 4) is 17.7 Å². The summed E-state index contributed by atoms with van der Waals surface area (Å²) in [6.45, 7) is 1.70. The second kappa shape index (κ2) is 4.78. The van der Waals surface area contributed by atoms with Gasteiger partial charge in [0.1, 0.15) is 11.6 Å². The lowest BCUT2D eigenvalue weighted by atomic mass is 10.3. The fourth-order valence-corrected chi connectivity index (χ4v) is 1.88. The first-order valence-corrected chi connectivity index (χ1v) is 5.89. The Bertz CT molecular complexity index is 646. The predicted octanol–water partition coefficient (Wildman–Crippen LogP) is 3.29. The largest absolute Gasteiger partial charge is 0.435 e. The van der Waals surface area contributed by atoms with Gasteiger partial charge in [-0.05, 0) is 25.1 Å². The Balaban J connectivity index is 2.46. The van der Waals surface area contributed by atoms with Gasteiger partial charge in [-0.15, -0.1) is 0 Å². The Kier molecular flexibility index (Phi) is 3.34. The number of hydrogen-bond donors (Lipinski definition) is 0. The molecule has 4 nitrogen and oxygen atoms in total. The van der Waals surface area contributed by atoms with Crippen LogP contribution in [0.3, 0.4) is 0 Å². The van der Waals surface area contributed by atoms with E-state index in [9.17, 15) is 4.39 Å². The second-order valence-electron chi connectivity index (χ2n) is 3.68. The van der Waals surface area contributed by atoms with E-state index in [-0.39, 0.29) is 11.6 Å². The lowest BCUT2D eigenvalue weighted by molar-refractivity contribution is 0.402. The van der Waals surface area contributed by atoms with Crippen LogP contribution in [0.1, 0.15) is 11.3 Å². The Labute approximate surface area is 112 Å². The summed E-state index contributed by atoms with van der Waals surface area (Å²) in [5.41, 5.74) is 0.849. The van der Waals surface area contributed by atoms with E-state index in [4.69, 9.17) is 10.00 Å². The molecule has 0 radical (unpaired) electrons. The maximum atomic E-state index is 13.6. The fourth-order valence-electron chi connectivity index (χ4n) is 1.54. The topological polar surface area (TPSA) is 50.8 Å². The average molecular weight is 310 g/mol. The molecule has 92 valence electrons. The van der Waals surface area contributed by atoms with Crippen LogP contribution in [0.4, 0.5) is 4.39 Å². The molecule has 1 aromatic carbocycles. The van der Waals surface area contributed by atoms with E-state index in [1.165, 1.54) is 16.8 Å². The summed E-state index contributed by atoms with van der Waals surface area (Å²) in [5.74, 6) is -0.225. The van der Waals surface area contributed by atoms with Crippen LogP contribution in [0.25, 0.3) is 0 Å². The van der Waals surface area contributed by atoms with Crippen LogP contribution in [-0.2, 0) is 7.05 Å². The smallest absolute Gasteiger partial charge is 0.236 e. The average Bonchev–Trinajstić information content (AvgIpc) is 2.58. The summed E-state index contributed by atoms with van der Waals surface area (Å²) >= 11 is 3.23. The Morgan fingerprint density at radius 2 is 2.22 bits per heavy atom. The number of hydrogen-bond acceptors (Lipinski definition) is 3. The van der Waals surface area contributed by atoms with Gasteiger partial charge in [0, 0.05) is 11.5 Å². The number of halogens is 2. The maximum Gasteiger partial charge on any atom is 0.236 e. The van der Waals surface area contributed by atoms with Crippen molar-refractivity contribution in [1.29, 1.82) is 5.26 Å². The van der Waals surface area contributed by atoms with Gasteiger partial charge in [-0.1, -0.05) is 15.9 Å². The number of aromatic nitrogens is 2. The van der Waals surface area contributed by atoms with E-state index in [1.807, 2.05) is 6.07 Å². The lowest BCUT2D eigenvalue weighted by Gasteiger charge is -2.07. The molecule has 1 heterocycles. The van der Waals surface area contributed by atoms with Crippen LogP contribution >= 0.6 is 15.9 Å². The highest BCUT2D eigenvalue weighted by atomic mass is 79.9. The zero-order valence-electron chi connectivity index (χ0n) is 9.74. The van der Waals surface area contributed by atoms with Gasteiger partial charge in [0.15, 0.2) is 11.6 Å². The summed E-state index contributed by atoms with van der Waals surface area (Å²) in [6, 6.07) is 6.35. The van der Waals surface area contributed by atoms with Crippen molar-refractivity contribution in [2.24, 2.45) is 7.05 Å². The van der Waals surface area contributed by atoms with Crippen molar-refractivity contribution >= 4 is 15.9 Å². The van der Waals surface area contributed by atoms with Gasteiger partial charge in [0.2, 0.25) is 5.88 Å². The minimum atomic E-state index is -0.499. The molecule has 0 saturated heterocycles. The summed E-state index contributed by atoms with van der Waals surface area (Å²) in [6.07, 6.45) is 0. The van der Waals surface area contributed by atoms with Gasteiger partial charge >= 0.3 is 0 Å². The summed E-state index contributed by atoms with van der Waals surface area (Å²) in [7, 11) is 1.64. The third kappa shape index (κ3) is 2.22. The van der Waals surface area contributed by atoms with Gasteiger partial charge < -0.3 is 4.74 Å². The van der Waals surface area contributed by atoms with Crippen molar-refractivity contribution in [3.05, 3.63) is 39.7 Å². The van der Waals surface area contributed by atoms with Gasteiger partial charge in [-0.25, -0.2) is 9.07 Å². The number of ether oxygens (including phenoxy) is 1. The standard InChI is InChI=1S/C12H9BrFN3O/c1-7-9(6-15)12(17(2)16-7)18-11-5-8(13)3-4-10(11)14/h3-5H,1-2H3. The summed E-state index contributed by atoms with van der Waals surface area (Å²) in [4.78, 5) is 0. The van der Waals surface area contributed by atoms with Gasteiger partial charge in [0.25, 0.3) is 0 Å². The molecule has 0 aliphatic rings. The van der Waals surface area contributed by atoms with E-state index in [2.05, 4.69) is 21.0 Å². The van der Waals surface area contributed by atoms with E-state index in [0.29, 0.717) is 15.7 Å². The normalized spacial score (nSPS) is 10.2. The molecule has 0 amide bonds. The second-order valence-corrected chi connectivity index (χ2v) is 4.59. The van der Waals surface area contributed by atoms with Gasteiger partial charge in [0.05, 0.1) is 5.69 Å². The molecule has 2 aromatic rings. The molecule has 0 fully saturated rings. The molecular formula is C12H9BrFN3O. The summed E-state index contributed by atoms with van der Waals surface area (Å²) < 4.78 is 21.1. The van der Waals surface area contributed by atoms with Crippen molar-refractivity contribution in [1.82, 2.24) is 9.78 Å². The first kappa shape index (κ1) is 12.6. The molecule has 2 rings (SSSR count). The number of nitrogens with zero attached hydrogens (tertiary/aromatic N) is 3. The quantitative estimate of drug-likeness (QED) is 0.855. The lowest BCUT2D eigenvalue weighted by Crippen LogP contribution is -1.97. The van der Waals surface area contributed by atoms with Crippen LogP contribution in [0.5, 0.6) is 11.6 Å². The Morgan fingerprint density at radius 1 is 1.50 bits per heavy atom. The van der Waals surface area contributed by atoms with Crippen molar-refractivity contribution in [2.45, 2.75) is 6.92 Å². The molecule has 0 spiro atoms. The predicted molar refractivity (Wildman–Crippen MR) is 66.8 cm³/mol. The molecule has 0 bridgehead atoms. The van der Waals surface area contributed by atoms with E-state index < -0.39 is 5.82 Å². The van der Waals surface area contributed by atoms with E-state index in [0.717, 1.165) is 0 Å². The zero-order chi connectivity index (χ0) is 13.3. The van der Waals surface area contributed by atoms with Crippen molar-refractivity contribution in [3.63, 3.8) is 0 Å². The maximum absolute atomic E-state index is 13.6. The van der Waals surface area contributed by atoms with E-state index >= 15 is 0 Å². The van der Waals surface area contributed by atoms with Crippen LogP contribution in [0.2, 0.25) is 0 Å². The monoisotopic (exact) mass is 309 g/mol. The van der Waals surface area contributed by atoms with Gasteiger partial charge in [-0.2, -0.15) is 10.4 Å². The number of aryl methyl sites for hydroxylation is 2. The highest BCUT2D eigenvalue weighted by molar-refractivity contribution is 9.10. The van der Waals surface area contributed by atoms with E-state index in [1.54, 1.807) is 20.0 Å². The molecular weight excluding hydrogens is 301 g/mol. The molecule has 0 unspecified atom stereocenters. The third-order valence-electron chi connectivity index (χ3n) is 2.38. The van der Waals surface area contributed by atoms with Crippen LogP contribution < -0.4 is 4.74 Å². The molecule has 0 saturated carbocycles. The molecule has 6 heteroatoms. The zero-order valence-corrected chi connectivity index (χ0v) is 11.3. The number of nitriles is 1. The van der Waals surface area contributed by atoms with Crippen molar-refractivity contribution in [2.75, 3.05) is 0 Å². The summed E-state index contributed by atoms with van der Waals surface area (Å²) in [5, 5.41) is 13.1. The molecule has 0 N–H and O–H groups in total. The minimum Gasteiger partial charge on any atom is -0.435 e. The first-order chi connectivity index (χ1) is 8.52. The first-order valence-electron chi connectivity index (χ1n) is 5.09.